The first kappa shape index (κ1) is 25.0. The van der Waals surface area contributed by atoms with Crippen LogP contribution >= 0.6 is 0 Å². The van der Waals surface area contributed by atoms with Crippen LogP contribution in [0.15, 0.2) is 102 Å². The molecule has 0 aromatic heterocycles. The van der Waals surface area contributed by atoms with Gasteiger partial charge in [0.05, 0.1) is 4.90 Å². The highest BCUT2D eigenvalue weighted by Crippen LogP contribution is 2.26. The van der Waals surface area contributed by atoms with Crippen molar-refractivity contribution in [3.05, 3.63) is 108 Å². The summed E-state index contributed by atoms with van der Waals surface area (Å²) in [5.74, 6) is 0.0352. The number of nitrogens with one attached hydrogen (secondary N) is 4. The molecule has 0 aliphatic carbocycles. The van der Waals surface area contributed by atoms with E-state index in [1.165, 1.54) is 12.1 Å². The minimum Gasteiger partial charge on any atom is -0.369 e. The van der Waals surface area contributed by atoms with Crippen molar-refractivity contribution < 1.29 is 13.2 Å². The number of likely N-dealkylation sites (N-methyl/N-ethyl adjacent to an activating group) is 1. The number of sulfonamides is 1. The van der Waals surface area contributed by atoms with E-state index in [4.69, 9.17) is 0 Å². The van der Waals surface area contributed by atoms with Crippen molar-refractivity contribution in [3.63, 3.8) is 0 Å². The Balaban J connectivity index is 1.35. The van der Waals surface area contributed by atoms with Gasteiger partial charge in [-0.1, -0.05) is 48.5 Å². The molecule has 3 aromatic rings. The van der Waals surface area contributed by atoms with Crippen molar-refractivity contribution >= 4 is 21.6 Å². The van der Waals surface area contributed by atoms with E-state index in [0.717, 1.165) is 31.9 Å². The van der Waals surface area contributed by atoms with Gasteiger partial charge >= 0.3 is 0 Å². The topological polar surface area (TPSA) is 106 Å². The Morgan fingerprint density at radius 2 is 1.49 bits per heavy atom. The Kier molecular flexibility index (Phi) is 6.98. The lowest BCUT2D eigenvalue weighted by Crippen LogP contribution is -2.55. The van der Waals surface area contributed by atoms with Crippen LogP contribution in [0, 0.1) is 0 Å². The fourth-order valence-electron chi connectivity index (χ4n) is 4.45. The van der Waals surface area contributed by atoms with Gasteiger partial charge in [0, 0.05) is 37.4 Å². The van der Waals surface area contributed by atoms with Crippen molar-refractivity contribution in [2.24, 2.45) is 0 Å². The monoisotopic (exact) mass is 518 g/mol. The Bertz CT molecular complexity index is 1370. The minimum absolute atomic E-state index is 0.137. The highest BCUT2D eigenvalue weighted by atomic mass is 32.2. The molecule has 10 heteroatoms. The molecule has 1 fully saturated rings. The van der Waals surface area contributed by atoms with E-state index in [1.807, 2.05) is 30.3 Å². The van der Waals surface area contributed by atoms with E-state index in [2.05, 4.69) is 37.7 Å². The molecule has 2 aliphatic heterocycles. The Morgan fingerprint density at radius 3 is 2.14 bits per heavy atom. The normalized spacial score (nSPS) is 20.2. The first-order valence-corrected chi connectivity index (χ1v) is 13.6. The minimum atomic E-state index is -3.89. The molecule has 0 radical (unpaired) electrons. The third-order valence-electron chi connectivity index (χ3n) is 6.58. The molecule has 37 heavy (non-hydrogen) atoms. The average molecular weight is 519 g/mol. The van der Waals surface area contributed by atoms with Gasteiger partial charge in [0.15, 0.2) is 0 Å². The molecule has 5 rings (SSSR count). The molecule has 0 saturated carbocycles. The number of hydrazine groups is 1. The molecule has 0 bridgehead atoms. The average Bonchev–Trinajstić information content (AvgIpc) is 3.33. The van der Waals surface area contributed by atoms with E-state index < -0.39 is 15.7 Å². The summed E-state index contributed by atoms with van der Waals surface area (Å²) >= 11 is 0. The number of hydrogen-bond donors (Lipinski definition) is 4. The second kappa shape index (κ2) is 10.3. The maximum Gasteiger partial charge on any atom is 0.256 e. The second-order valence-electron chi connectivity index (χ2n) is 9.19. The zero-order valence-electron chi connectivity index (χ0n) is 20.5. The summed E-state index contributed by atoms with van der Waals surface area (Å²) in [4.78, 5) is 17.7. The van der Waals surface area contributed by atoms with Crippen molar-refractivity contribution in [3.8, 4) is 0 Å². The van der Waals surface area contributed by atoms with E-state index in [9.17, 15) is 13.2 Å². The van der Waals surface area contributed by atoms with E-state index in [-0.39, 0.29) is 10.8 Å². The third kappa shape index (κ3) is 5.52. The maximum absolute atomic E-state index is 13.2. The molecule has 2 aliphatic rings. The van der Waals surface area contributed by atoms with Gasteiger partial charge in [0.1, 0.15) is 11.5 Å². The van der Waals surface area contributed by atoms with Gasteiger partial charge in [-0.15, -0.1) is 0 Å². The highest BCUT2D eigenvalue weighted by Gasteiger charge is 2.39. The zero-order valence-corrected chi connectivity index (χ0v) is 21.3. The van der Waals surface area contributed by atoms with Crippen LogP contribution in [0.4, 0.5) is 5.69 Å². The summed E-state index contributed by atoms with van der Waals surface area (Å²) in [7, 11) is -1.78. The highest BCUT2D eigenvalue weighted by molar-refractivity contribution is 7.89. The summed E-state index contributed by atoms with van der Waals surface area (Å²) in [6.07, 6.45) is 1.62. The molecular weight excluding hydrogens is 488 g/mol. The summed E-state index contributed by atoms with van der Waals surface area (Å²) < 4.78 is 29.1. The predicted molar refractivity (Wildman–Crippen MR) is 143 cm³/mol. The van der Waals surface area contributed by atoms with Crippen molar-refractivity contribution in [1.29, 1.82) is 0 Å². The number of amides is 1. The smallest absolute Gasteiger partial charge is 0.256 e. The number of rotatable bonds is 7. The number of benzene rings is 3. The lowest BCUT2D eigenvalue weighted by molar-refractivity contribution is 0.0963. The standard InChI is InChI=1S/C27H30N6O3S/c1-32-16-18-33(19-17-32)23-14-12-21(13-15-23)26(34)28-25-20-27(30-29-25,22-8-4-2-5-9-22)31-37(35,36)24-10-6-3-7-11-24/h2-15,20,29-31H,16-19H2,1H3,(H,28,34). The van der Waals surface area contributed by atoms with Gasteiger partial charge in [0.25, 0.3) is 5.91 Å². The van der Waals surface area contributed by atoms with Crippen molar-refractivity contribution in [2.45, 2.75) is 10.6 Å². The SMILES string of the molecule is CN1CCN(c2ccc(C(=O)NC3=CC(NS(=O)(=O)c4ccccc4)(c4ccccc4)NN3)cc2)CC1. The molecule has 0 spiro atoms. The molecule has 3 aromatic carbocycles. The molecular formula is C27H30N6O3S. The van der Waals surface area contributed by atoms with Crippen LogP contribution in [0.2, 0.25) is 0 Å². The Labute approximate surface area is 217 Å². The van der Waals surface area contributed by atoms with Gasteiger partial charge in [0.2, 0.25) is 10.0 Å². The largest absolute Gasteiger partial charge is 0.369 e. The molecule has 1 unspecified atom stereocenters. The molecule has 192 valence electrons. The number of hydrogen-bond acceptors (Lipinski definition) is 7. The first-order valence-electron chi connectivity index (χ1n) is 12.1. The number of piperazine rings is 1. The molecule has 1 amide bonds. The van der Waals surface area contributed by atoms with Gasteiger partial charge in [-0.3, -0.25) is 4.79 Å². The van der Waals surface area contributed by atoms with Gasteiger partial charge in [-0.25, -0.2) is 13.8 Å². The van der Waals surface area contributed by atoms with E-state index in [0.29, 0.717) is 16.9 Å². The zero-order chi connectivity index (χ0) is 25.9. The van der Waals surface area contributed by atoms with Crippen LogP contribution in [-0.2, 0) is 15.7 Å². The molecule has 4 N–H and O–H groups in total. The van der Waals surface area contributed by atoms with Crippen molar-refractivity contribution in [1.82, 2.24) is 25.8 Å². The fourth-order valence-corrected chi connectivity index (χ4v) is 5.73. The number of anilines is 1. The molecule has 2 heterocycles. The number of carbonyl (C=O) groups is 1. The lowest BCUT2D eigenvalue weighted by atomic mass is 10.0. The van der Waals surface area contributed by atoms with Crippen LogP contribution in [0.3, 0.4) is 0 Å². The predicted octanol–water partition coefficient (Wildman–Crippen LogP) is 1.95. The summed E-state index contributed by atoms with van der Waals surface area (Å²) in [6, 6.07) is 24.8. The summed E-state index contributed by atoms with van der Waals surface area (Å²) in [5.41, 5.74) is 6.87. The van der Waals surface area contributed by atoms with Crippen LogP contribution < -0.4 is 25.8 Å². The van der Waals surface area contributed by atoms with Crippen LogP contribution in [-0.4, -0.2) is 52.5 Å². The summed E-state index contributed by atoms with van der Waals surface area (Å²) in [6.45, 7) is 3.91. The lowest BCUT2D eigenvalue weighted by Gasteiger charge is -2.34. The van der Waals surface area contributed by atoms with Crippen LogP contribution in [0.25, 0.3) is 0 Å². The van der Waals surface area contributed by atoms with E-state index in [1.54, 1.807) is 48.5 Å². The molecule has 1 saturated heterocycles. The van der Waals surface area contributed by atoms with Gasteiger partial charge < -0.3 is 20.5 Å². The third-order valence-corrected chi connectivity index (χ3v) is 8.06. The van der Waals surface area contributed by atoms with Crippen LogP contribution in [0.5, 0.6) is 0 Å². The van der Waals surface area contributed by atoms with Gasteiger partial charge in [-0.2, -0.15) is 4.72 Å². The Morgan fingerprint density at radius 1 is 0.865 bits per heavy atom. The van der Waals surface area contributed by atoms with E-state index >= 15 is 0 Å². The van der Waals surface area contributed by atoms with Gasteiger partial charge in [-0.05, 0) is 55.1 Å². The van der Waals surface area contributed by atoms with Crippen LogP contribution in [0.1, 0.15) is 15.9 Å². The maximum atomic E-state index is 13.2. The fraction of sp³-hybridized carbons (Fsp3) is 0.222. The molecule has 9 nitrogen and oxygen atoms in total. The summed E-state index contributed by atoms with van der Waals surface area (Å²) in [5, 5.41) is 2.84. The molecule has 1 atom stereocenters. The number of carbonyl (C=O) groups excluding carboxylic acids is 1. The first-order chi connectivity index (χ1) is 17.8. The number of nitrogens with zero attached hydrogens (tertiary/aromatic N) is 2. The second-order valence-corrected chi connectivity index (χ2v) is 10.9. The Hall–Kier alpha value is -3.70. The van der Waals surface area contributed by atoms with Crippen molar-refractivity contribution in [2.75, 3.05) is 38.1 Å². The quantitative estimate of drug-likeness (QED) is 0.379.